The van der Waals surface area contributed by atoms with Gasteiger partial charge in [-0.05, 0) is 18.6 Å². The topological polar surface area (TPSA) is 63.1 Å². The molecule has 20 heavy (non-hydrogen) atoms. The highest BCUT2D eigenvalue weighted by Gasteiger charge is 2.28. The van der Waals surface area contributed by atoms with E-state index in [2.05, 4.69) is 15.6 Å². The molecule has 0 radical (unpaired) electrons. The minimum atomic E-state index is -0.437. The van der Waals surface area contributed by atoms with E-state index in [1.54, 1.807) is 34.1 Å². The molecule has 3 rings (SSSR count). The molecule has 1 aliphatic heterocycles. The maximum absolute atomic E-state index is 13.5. The van der Waals surface area contributed by atoms with Crippen LogP contribution in [0.4, 0.5) is 14.9 Å². The predicted octanol–water partition coefficient (Wildman–Crippen LogP) is 1.90. The van der Waals surface area contributed by atoms with Gasteiger partial charge in [0.25, 0.3) is 0 Å². The smallest absolute Gasteiger partial charge is 0.321 e. The summed E-state index contributed by atoms with van der Waals surface area (Å²) in [6.07, 6.45) is 4.21. The highest BCUT2D eigenvalue weighted by molar-refractivity contribution is 5.89. The number of para-hydroxylation sites is 1. The Hall–Kier alpha value is -2.44. The second kappa shape index (κ2) is 5.28. The zero-order valence-electron chi connectivity index (χ0n) is 10.7. The summed E-state index contributed by atoms with van der Waals surface area (Å²) in [6, 6.07) is 5.96. The van der Waals surface area contributed by atoms with Crippen LogP contribution in [0.2, 0.25) is 0 Å². The van der Waals surface area contributed by atoms with Crippen LogP contribution in [0, 0.1) is 5.82 Å². The molecule has 1 saturated heterocycles. The first kappa shape index (κ1) is 12.6. The Morgan fingerprint density at radius 1 is 1.40 bits per heavy atom. The van der Waals surface area contributed by atoms with E-state index in [0.717, 1.165) is 6.42 Å². The monoisotopic (exact) mass is 275 g/mol. The van der Waals surface area contributed by atoms with Crippen LogP contribution in [0.25, 0.3) is 0 Å². The summed E-state index contributed by atoms with van der Waals surface area (Å²) in [4.78, 5) is 13.7. The molecule has 0 aliphatic carbocycles. The van der Waals surface area contributed by atoms with Gasteiger partial charge >= 0.3 is 6.03 Å². The van der Waals surface area contributed by atoms with Crippen molar-refractivity contribution in [2.75, 3.05) is 18.4 Å². The van der Waals surface area contributed by atoms with E-state index in [-0.39, 0.29) is 17.8 Å². The van der Waals surface area contributed by atoms with Crippen molar-refractivity contribution in [3.8, 4) is 0 Å². The van der Waals surface area contributed by atoms with Crippen molar-refractivity contribution < 1.29 is 9.18 Å². The molecule has 2 aromatic rings. The van der Waals surface area contributed by atoms with Crippen molar-refractivity contribution >= 4 is 11.7 Å². The lowest BCUT2D eigenvalue weighted by atomic mass is 10.3. The summed E-state index contributed by atoms with van der Waals surface area (Å²) in [7, 11) is 0. The van der Waals surface area contributed by atoms with Gasteiger partial charge in [0.15, 0.2) is 0 Å². The molecule has 2 heterocycles. The van der Waals surface area contributed by atoms with Crippen LogP contribution in [0.1, 0.15) is 12.5 Å². The van der Waals surface area contributed by atoms with Gasteiger partial charge in [0.2, 0.25) is 0 Å². The summed E-state index contributed by atoms with van der Waals surface area (Å²) in [5.41, 5.74) is 0.196. The van der Waals surface area contributed by atoms with Crippen LogP contribution in [-0.4, -0.2) is 39.0 Å². The first-order chi connectivity index (χ1) is 9.74. The molecule has 0 bridgehead atoms. The molecular formula is C13H14FN5O. The van der Waals surface area contributed by atoms with E-state index in [1.165, 1.54) is 12.1 Å². The Kier molecular flexibility index (Phi) is 3.32. The molecule has 1 aromatic heterocycles. The Labute approximate surface area is 115 Å². The van der Waals surface area contributed by atoms with Crippen molar-refractivity contribution in [2.24, 2.45) is 0 Å². The van der Waals surface area contributed by atoms with Gasteiger partial charge in [0.05, 0.1) is 17.9 Å². The van der Waals surface area contributed by atoms with Gasteiger partial charge in [-0.2, -0.15) is 0 Å². The number of hydrogen-bond donors (Lipinski definition) is 1. The van der Waals surface area contributed by atoms with E-state index >= 15 is 0 Å². The molecule has 6 nitrogen and oxygen atoms in total. The number of carbonyl (C=O) groups excluding carboxylic acids is 1. The standard InChI is InChI=1S/C13H14FN5O/c14-11-3-1-2-4-12(11)16-13(20)18-7-5-10(9-18)19-8-6-15-17-19/h1-4,6,8,10H,5,7,9H2,(H,16,20). The van der Waals surface area contributed by atoms with Crippen LogP contribution in [-0.2, 0) is 0 Å². The number of likely N-dealkylation sites (tertiary alicyclic amines) is 1. The quantitative estimate of drug-likeness (QED) is 0.910. The van der Waals surface area contributed by atoms with Crippen LogP contribution in [0.15, 0.2) is 36.7 Å². The van der Waals surface area contributed by atoms with Crippen LogP contribution < -0.4 is 5.32 Å². The average molecular weight is 275 g/mol. The fraction of sp³-hybridized carbons (Fsp3) is 0.308. The zero-order valence-corrected chi connectivity index (χ0v) is 10.7. The fourth-order valence-electron chi connectivity index (χ4n) is 2.31. The second-order valence-electron chi connectivity index (χ2n) is 4.68. The molecule has 1 aliphatic rings. The molecule has 2 amide bonds. The third kappa shape index (κ3) is 2.47. The van der Waals surface area contributed by atoms with E-state index in [9.17, 15) is 9.18 Å². The lowest BCUT2D eigenvalue weighted by Crippen LogP contribution is -2.33. The number of anilines is 1. The van der Waals surface area contributed by atoms with Gasteiger partial charge in [-0.1, -0.05) is 17.3 Å². The number of nitrogens with one attached hydrogen (secondary N) is 1. The summed E-state index contributed by atoms with van der Waals surface area (Å²) >= 11 is 0. The minimum absolute atomic E-state index is 0.129. The van der Waals surface area contributed by atoms with Gasteiger partial charge in [-0.15, -0.1) is 5.10 Å². The number of carbonyl (C=O) groups is 1. The molecule has 1 fully saturated rings. The number of amides is 2. The van der Waals surface area contributed by atoms with Gasteiger partial charge in [0, 0.05) is 19.3 Å². The first-order valence-electron chi connectivity index (χ1n) is 6.40. The first-order valence-corrected chi connectivity index (χ1v) is 6.40. The van der Waals surface area contributed by atoms with E-state index in [1.807, 2.05) is 0 Å². The van der Waals surface area contributed by atoms with Crippen LogP contribution in [0.3, 0.4) is 0 Å². The highest BCUT2D eigenvalue weighted by atomic mass is 19.1. The van der Waals surface area contributed by atoms with Crippen molar-refractivity contribution in [3.63, 3.8) is 0 Å². The molecule has 7 heteroatoms. The largest absolute Gasteiger partial charge is 0.322 e. The van der Waals surface area contributed by atoms with Gasteiger partial charge in [-0.3, -0.25) is 0 Å². The van der Waals surface area contributed by atoms with Gasteiger partial charge in [0.1, 0.15) is 5.82 Å². The highest BCUT2D eigenvalue weighted by Crippen LogP contribution is 2.21. The third-order valence-corrected chi connectivity index (χ3v) is 3.38. The van der Waals surface area contributed by atoms with Crippen molar-refractivity contribution in [2.45, 2.75) is 12.5 Å². The fourth-order valence-corrected chi connectivity index (χ4v) is 2.31. The molecule has 0 spiro atoms. The Morgan fingerprint density at radius 2 is 2.25 bits per heavy atom. The van der Waals surface area contributed by atoms with Crippen LogP contribution >= 0.6 is 0 Å². The van der Waals surface area contributed by atoms with Crippen molar-refractivity contribution in [1.82, 2.24) is 19.9 Å². The predicted molar refractivity (Wildman–Crippen MR) is 70.7 cm³/mol. The summed E-state index contributed by atoms with van der Waals surface area (Å²) < 4.78 is 15.2. The van der Waals surface area contributed by atoms with Crippen molar-refractivity contribution in [1.29, 1.82) is 0 Å². The number of benzene rings is 1. The number of aromatic nitrogens is 3. The minimum Gasteiger partial charge on any atom is -0.322 e. The normalized spacial score (nSPS) is 18.2. The zero-order chi connectivity index (χ0) is 13.9. The van der Waals surface area contributed by atoms with Gasteiger partial charge < -0.3 is 10.2 Å². The van der Waals surface area contributed by atoms with Crippen molar-refractivity contribution in [3.05, 3.63) is 42.5 Å². The molecule has 1 N–H and O–H groups in total. The van der Waals surface area contributed by atoms with E-state index in [4.69, 9.17) is 0 Å². The Morgan fingerprint density at radius 3 is 3.00 bits per heavy atom. The lowest BCUT2D eigenvalue weighted by molar-refractivity contribution is 0.220. The molecule has 1 atom stereocenters. The van der Waals surface area contributed by atoms with Gasteiger partial charge in [-0.25, -0.2) is 13.9 Å². The molecule has 1 unspecified atom stereocenters. The Bertz CT molecular complexity index is 601. The Balaban J connectivity index is 1.63. The second-order valence-corrected chi connectivity index (χ2v) is 4.68. The third-order valence-electron chi connectivity index (χ3n) is 3.38. The van der Waals surface area contributed by atoms with E-state index < -0.39 is 5.82 Å². The number of nitrogens with zero attached hydrogens (tertiary/aromatic N) is 4. The SMILES string of the molecule is O=C(Nc1ccccc1F)N1CCC(n2ccnn2)C1. The molecular weight excluding hydrogens is 261 g/mol. The molecule has 1 aromatic carbocycles. The summed E-state index contributed by atoms with van der Waals surface area (Å²) in [6.45, 7) is 1.16. The average Bonchev–Trinajstić information content (AvgIpc) is 3.11. The van der Waals surface area contributed by atoms with E-state index in [0.29, 0.717) is 13.1 Å². The number of hydrogen-bond acceptors (Lipinski definition) is 3. The number of rotatable bonds is 2. The number of halogens is 1. The summed E-state index contributed by atoms with van der Waals surface area (Å²) in [5, 5.41) is 10.3. The maximum atomic E-state index is 13.5. The maximum Gasteiger partial charge on any atom is 0.321 e. The summed E-state index contributed by atoms with van der Waals surface area (Å²) in [5.74, 6) is -0.437. The lowest BCUT2D eigenvalue weighted by Gasteiger charge is -2.17. The molecule has 104 valence electrons. The molecule has 0 saturated carbocycles. The van der Waals surface area contributed by atoms with Crippen LogP contribution in [0.5, 0.6) is 0 Å². The number of urea groups is 1.